The molecule has 124 valence electrons. The zero-order valence-corrected chi connectivity index (χ0v) is 12.9. The van der Waals surface area contributed by atoms with E-state index in [9.17, 15) is 14.9 Å². The number of hydrogen-bond donors (Lipinski definition) is 0. The van der Waals surface area contributed by atoms with Gasteiger partial charge in [0.15, 0.2) is 0 Å². The number of benzene rings is 1. The Kier molecular flexibility index (Phi) is 4.64. The predicted molar refractivity (Wildman–Crippen MR) is 84.7 cm³/mol. The van der Waals surface area contributed by atoms with Crippen molar-refractivity contribution < 1.29 is 14.5 Å². The van der Waals surface area contributed by atoms with E-state index >= 15 is 0 Å². The van der Waals surface area contributed by atoms with Crippen LogP contribution in [0, 0.1) is 10.1 Å². The lowest BCUT2D eigenvalue weighted by molar-refractivity contribution is -0.385. The highest BCUT2D eigenvalue weighted by Crippen LogP contribution is 2.22. The zero-order valence-electron chi connectivity index (χ0n) is 12.9. The number of ether oxygens (including phenoxy) is 1. The molecule has 24 heavy (non-hydrogen) atoms. The van der Waals surface area contributed by atoms with Gasteiger partial charge in [-0.15, -0.1) is 0 Å². The van der Waals surface area contributed by atoms with E-state index in [1.165, 1.54) is 12.1 Å². The molecule has 1 saturated heterocycles. The molecule has 0 bridgehead atoms. The molecule has 1 aromatic heterocycles. The Morgan fingerprint density at radius 1 is 1.17 bits per heavy atom. The fourth-order valence-electron chi connectivity index (χ4n) is 2.66. The third kappa shape index (κ3) is 3.48. The number of hydrogen-bond acceptors (Lipinski definition) is 6. The highest BCUT2D eigenvalue weighted by Gasteiger charge is 2.28. The average molecular weight is 328 g/mol. The Morgan fingerprint density at radius 3 is 2.50 bits per heavy atom. The number of nitrogens with zero attached hydrogens (tertiary/aromatic N) is 4. The first kappa shape index (κ1) is 15.9. The van der Waals surface area contributed by atoms with Crippen LogP contribution < -0.4 is 4.74 Å². The molecule has 0 N–H and O–H groups in total. The van der Waals surface area contributed by atoms with Gasteiger partial charge >= 0.3 is 6.01 Å². The number of carbonyl (C=O) groups excluding carboxylic acids is 1. The molecule has 1 aliphatic heterocycles. The van der Waals surface area contributed by atoms with Crippen molar-refractivity contribution in [3.05, 3.63) is 58.4 Å². The lowest BCUT2D eigenvalue weighted by atomic mass is 10.1. The largest absolute Gasteiger partial charge is 0.460 e. The number of nitro benzene ring substituents is 1. The number of nitro groups is 1. The molecule has 2 aromatic rings. The minimum Gasteiger partial charge on any atom is -0.460 e. The first-order chi connectivity index (χ1) is 11.6. The van der Waals surface area contributed by atoms with Crippen LogP contribution in [0.3, 0.4) is 0 Å². The van der Waals surface area contributed by atoms with Crippen LogP contribution in [0.4, 0.5) is 5.69 Å². The van der Waals surface area contributed by atoms with Gasteiger partial charge in [-0.3, -0.25) is 14.9 Å². The molecular formula is C16H16N4O4. The minimum atomic E-state index is -0.532. The predicted octanol–water partition coefficient (Wildman–Crippen LogP) is 2.07. The molecule has 0 aliphatic carbocycles. The summed E-state index contributed by atoms with van der Waals surface area (Å²) in [5.74, 6) is -0.322. The van der Waals surface area contributed by atoms with Crippen LogP contribution in [0.25, 0.3) is 0 Å². The van der Waals surface area contributed by atoms with Crippen LogP contribution in [0.15, 0.2) is 42.7 Å². The summed E-state index contributed by atoms with van der Waals surface area (Å²) in [6, 6.07) is 8.04. The quantitative estimate of drug-likeness (QED) is 0.629. The van der Waals surface area contributed by atoms with E-state index in [0.29, 0.717) is 31.9 Å². The Hall–Kier alpha value is -3.03. The topological polar surface area (TPSA) is 98.5 Å². The molecule has 0 atom stereocenters. The first-order valence-corrected chi connectivity index (χ1v) is 7.61. The average Bonchev–Trinajstić information content (AvgIpc) is 2.62. The molecule has 8 heteroatoms. The molecule has 0 spiro atoms. The lowest BCUT2D eigenvalue weighted by Crippen LogP contribution is -2.42. The highest BCUT2D eigenvalue weighted by atomic mass is 16.6. The van der Waals surface area contributed by atoms with Crippen LogP contribution in [-0.2, 0) is 0 Å². The molecule has 0 radical (unpaired) electrons. The zero-order chi connectivity index (χ0) is 16.9. The summed E-state index contributed by atoms with van der Waals surface area (Å²) in [4.78, 5) is 32.7. The molecule has 8 nitrogen and oxygen atoms in total. The van der Waals surface area contributed by atoms with E-state index in [4.69, 9.17) is 4.74 Å². The SMILES string of the molecule is O=C(c1ccccc1[N+](=O)[O-])N1CCC(Oc2ncccn2)CC1. The first-order valence-electron chi connectivity index (χ1n) is 7.61. The summed E-state index contributed by atoms with van der Waals surface area (Å²) in [6.07, 6.45) is 4.41. The standard InChI is InChI=1S/C16H16N4O4/c21-15(13-4-1-2-5-14(13)20(22)23)19-10-6-12(7-11-19)24-16-17-8-3-9-18-16/h1-5,8-9,12H,6-7,10-11H2. The summed E-state index contributed by atoms with van der Waals surface area (Å²) in [7, 11) is 0. The third-order valence-electron chi connectivity index (χ3n) is 3.87. The molecule has 1 aliphatic rings. The summed E-state index contributed by atoms with van der Waals surface area (Å²) < 4.78 is 5.68. The van der Waals surface area contributed by atoms with E-state index in [0.717, 1.165) is 0 Å². The van der Waals surface area contributed by atoms with Crippen molar-refractivity contribution in [2.75, 3.05) is 13.1 Å². The fraction of sp³-hybridized carbons (Fsp3) is 0.312. The number of carbonyl (C=O) groups is 1. The van der Waals surface area contributed by atoms with Crippen molar-refractivity contribution in [3.8, 4) is 6.01 Å². The second kappa shape index (κ2) is 7.03. The molecule has 2 heterocycles. The van der Waals surface area contributed by atoms with Crippen molar-refractivity contribution >= 4 is 11.6 Å². The monoisotopic (exact) mass is 328 g/mol. The van der Waals surface area contributed by atoms with Crippen molar-refractivity contribution in [2.45, 2.75) is 18.9 Å². The number of likely N-dealkylation sites (tertiary alicyclic amines) is 1. The highest BCUT2D eigenvalue weighted by molar-refractivity contribution is 5.98. The van der Waals surface area contributed by atoms with Gasteiger partial charge in [-0.05, 0) is 12.1 Å². The van der Waals surface area contributed by atoms with Crippen molar-refractivity contribution in [2.24, 2.45) is 0 Å². The summed E-state index contributed by atoms with van der Waals surface area (Å²) in [5.41, 5.74) is -0.0492. The van der Waals surface area contributed by atoms with Crippen LogP contribution in [0.1, 0.15) is 23.2 Å². The molecule has 1 fully saturated rings. The van der Waals surface area contributed by atoms with Gasteiger partial charge in [-0.25, -0.2) is 9.97 Å². The lowest BCUT2D eigenvalue weighted by Gasteiger charge is -2.31. The number of aromatic nitrogens is 2. The summed E-state index contributed by atoms with van der Waals surface area (Å²) in [6.45, 7) is 0.949. The molecule has 3 rings (SSSR count). The van der Waals surface area contributed by atoms with E-state index in [2.05, 4.69) is 9.97 Å². The van der Waals surface area contributed by atoms with Crippen LogP contribution in [-0.4, -0.2) is 44.9 Å². The number of piperidine rings is 1. The molecule has 0 saturated carbocycles. The van der Waals surface area contributed by atoms with Gasteiger partial charge in [0.1, 0.15) is 11.7 Å². The molecular weight excluding hydrogens is 312 g/mol. The van der Waals surface area contributed by atoms with E-state index < -0.39 is 4.92 Å². The van der Waals surface area contributed by atoms with Gasteiger partial charge in [0, 0.05) is 44.4 Å². The molecule has 0 unspecified atom stereocenters. The Balaban J connectivity index is 1.62. The van der Waals surface area contributed by atoms with E-state index in [1.54, 1.807) is 35.5 Å². The van der Waals surface area contributed by atoms with Crippen LogP contribution in [0.5, 0.6) is 6.01 Å². The normalized spacial score (nSPS) is 15.1. The maximum atomic E-state index is 12.5. The van der Waals surface area contributed by atoms with Crippen molar-refractivity contribution in [3.63, 3.8) is 0 Å². The second-order valence-electron chi connectivity index (χ2n) is 5.42. The van der Waals surface area contributed by atoms with Crippen LogP contribution in [0.2, 0.25) is 0 Å². The van der Waals surface area contributed by atoms with Gasteiger partial charge < -0.3 is 9.64 Å². The van der Waals surface area contributed by atoms with Gasteiger partial charge in [0.2, 0.25) is 0 Å². The van der Waals surface area contributed by atoms with E-state index in [1.807, 2.05) is 0 Å². The van der Waals surface area contributed by atoms with Gasteiger partial charge in [0.25, 0.3) is 11.6 Å². The van der Waals surface area contributed by atoms with Crippen LogP contribution >= 0.6 is 0 Å². The Morgan fingerprint density at radius 2 is 1.83 bits per heavy atom. The van der Waals surface area contributed by atoms with Gasteiger partial charge in [0.05, 0.1) is 4.92 Å². The Labute approximate surface area is 138 Å². The number of rotatable bonds is 4. The molecule has 1 aromatic carbocycles. The number of para-hydroxylation sites is 1. The third-order valence-corrected chi connectivity index (χ3v) is 3.87. The van der Waals surface area contributed by atoms with E-state index in [-0.39, 0.29) is 23.3 Å². The fourth-order valence-corrected chi connectivity index (χ4v) is 2.66. The minimum absolute atomic E-state index is 0.0674. The summed E-state index contributed by atoms with van der Waals surface area (Å²) in [5, 5.41) is 11.1. The Bertz CT molecular complexity index is 730. The maximum absolute atomic E-state index is 12.5. The number of amides is 1. The summed E-state index contributed by atoms with van der Waals surface area (Å²) >= 11 is 0. The van der Waals surface area contributed by atoms with Crippen molar-refractivity contribution in [1.29, 1.82) is 0 Å². The molecule has 1 amide bonds. The van der Waals surface area contributed by atoms with Gasteiger partial charge in [-0.1, -0.05) is 12.1 Å². The van der Waals surface area contributed by atoms with Gasteiger partial charge in [-0.2, -0.15) is 0 Å². The second-order valence-corrected chi connectivity index (χ2v) is 5.42. The smallest absolute Gasteiger partial charge is 0.316 e. The maximum Gasteiger partial charge on any atom is 0.316 e. The van der Waals surface area contributed by atoms with Crippen molar-refractivity contribution in [1.82, 2.24) is 14.9 Å².